The molecule has 0 amide bonds. The van der Waals surface area contributed by atoms with Crippen LogP contribution < -0.4 is 16.4 Å². The van der Waals surface area contributed by atoms with Crippen molar-refractivity contribution in [1.29, 1.82) is 0 Å². The van der Waals surface area contributed by atoms with Crippen LogP contribution in [0.5, 0.6) is 0 Å². The molecular formula is C17H27N5OS. The average Bonchev–Trinajstić information content (AvgIpc) is 2.92. The predicted octanol–water partition coefficient (Wildman–Crippen LogP) is 2.20. The fourth-order valence-corrected chi connectivity index (χ4v) is 4.46. The molecule has 3 rings (SSSR count). The molecule has 1 aromatic rings. The molecule has 1 heterocycles. The average molecular weight is 350 g/mol. The van der Waals surface area contributed by atoms with Gasteiger partial charge < -0.3 is 21.5 Å². The van der Waals surface area contributed by atoms with E-state index in [9.17, 15) is 5.11 Å². The summed E-state index contributed by atoms with van der Waals surface area (Å²) in [5.74, 6) is 1.61. The van der Waals surface area contributed by atoms with Gasteiger partial charge in [-0.3, -0.25) is 0 Å². The molecule has 0 bridgehead atoms. The number of hydrogen-bond acceptors (Lipinski definition) is 6. The summed E-state index contributed by atoms with van der Waals surface area (Å²) in [6, 6.07) is 0. The Labute approximate surface area is 148 Å². The summed E-state index contributed by atoms with van der Waals surface area (Å²) in [5, 5.41) is 17.1. The number of nitrogens with two attached hydrogens (primary N) is 1. The first-order valence-electron chi connectivity index (χ1n) is 8.63. The molecule has 7 heteroatoms. The number of fused-ring (bicyclic) bond motifs is 1. The van der Waals surface area contributed by atoms with Gasteiger partial charge in [0.15, 0.2) is 0 Å². The topological polar surface area (TPSA) is 96.1 Å². The number of hydrogen-bond donors (Lipinski definition) is 4. The van der Waals surface area contributed by atoms with Crippen LogP contribution >= 0.6 is 12.2 Å². The summed E-state index contributed by atoms with van der Waals surface area (Å²) in [7, 11) is 0. The van der Waals surface area contributed by atoms with E-state index in [-0.39, 0.29) is 22.0 Å². The summed E-state index contributed by atoms with van der Waals surface area (Å²) < 4.78 is 0. The van der Waals surface area contributed by atoms with E-state index in [1.807, 2.05) is 6.92 Å². The lowest BCUT2D eigenvalue weighted by atomic mass is 9.84. The number of nitrogens with one attached hydrogen (secondary N) is 2. The van der Waals surface area contributed by atoms with Gasteiger partial charge in [-0.25, -0.2) is 4.98 Å². The van der Waals surface area contributed by atoms with E-state index in [0.717, 1.165) is 31.5 Å². The van der Waals surface area contributed by atoms with Crippen LogP contribution in [0.1, 0.15) is 51.3 Å². The SMILES string of the molecule is CCCNc1nc(C)c(C(N)=S)c(NC2(C)CCC3C(O)C32C)n1. The van der Waals surface area contributed by atoms with Crippen molar-refractivity contribution in [2.75, 3.05) is 17.2 Å². The second kappa shape index (κ2) is 5.81. The van der Waals surface area contributed by atoms with Crippen LogP contribution in [0.15, 0.2) is 0 Å². The normalized spacial score (nSPS) is 33.9. The zero-order valence-electron chi connectivity index (χ0n) is 14.8. The molecule has 4 atom stereocenters. The zero-order valence-corrected chi connectivity index (χ0v) is 15.6. The van der Waals surface area contributed by atoms with E-state index < -0.39 is 0 Å². The minimum absolute atomic E-state index is 0.129. The van der Waals surface area contributed by atoms with E-state index in [4.69, 9.17) is 18.0 Å². The Morgan fingerprint density at radius 3 is 2.67 bits per heavy atom. The summed E-state index contributed by atoms with van der Waals surface area (Å²) in [4.78, 5) is 9.39. The third kappa shape index (κ3) is 2.45. The first kappa shape index (κ1) is 17.4. The van der Waals surface area contributed by atoms with E-state index in [2.05, 4.69) is 41.4 Å². The molecule has 2 aliphatic carbocycles. The van der Waals surface area contributed by atoms with Gasteiger partial charge in [0.25, 0.3) is 0 Å². The first-order chi connectivity index (χ1) is 11.2. The van der Waals surface area contributed by atoms with Crippen molar-refractivity contribution in [3.8, 4) is 0 Å². The second-order valence-electron chi connectivity index (χ2n) is 7.48. The molecule has 0 aromatic carbocycles. The Morgan fingerprint density at radius 2 is 2.12 bits per heavy atom. The minimum atomic E-state index is -0.252. The van der Waals surface area contributed by atoms with E-state index in [1.165, 1.54) is 0 Å². The maximum atomic E-state index is 10.3. The van der Waals surface area contributed by atoms with Crippen molar-refractivity contribution < 1.29 is 5.11 Å². The predicted molar refractivity (Wildman–Crippen MR) is 100 cm³/mol. The number of rotatable bonds is 6. The summed E-state index contributed by atoms with van der Waals surface area (Å²) in [5.41, 5.74) is 7.02. The van der Waals surface area contributed by atoms with Gasteiger partial charge in [0.1, 0.15) is 10.8 Å². The highest BCUT2D eigenvalue weighted by molar-refractivity contribution is 7.80. The molecule has 2 aliphatic rings. The lowest BCUT2D eigenvalue weighted by molar-refractivity contribution is 0.172. The van der Waals surface area contributed by atoms with Crippen molar-refractivity contribution in [3.05, 3.63) is 11.3 Å². The van der Waals surface area contributed by atoms with Gasteiger partial charge in [0.2, 0.25) is 5.95 Å². The number of thiocarbonyl (C=S) groups is 1. The van der Waals surface area contributed by atoms with Crippen molar-refractivity contribution in [2.45, 2.75) is 58.6 Å². The van der Waals surface area contributed by atoms with Crippen molar-refractivity contribution in [1.82, 2.24) is 9.97 Å². The van der Waals surface area contributed by atoms with Gasteiger partial charge in [-0.05, 0) is 39.0 Å². The van der Waals surface area contributed by atoms with Gasteiger partial charge in [-0.15, -0.1) is 0 Å². The Morgan fingerprint density at radius 1 is 1.42 bits per heavy atom. The first-order valence-corrected chi connectivity index (χ1v) is 9.04. The lowest BCUT2D eigenvalue weighted by Crippen LogP contribution is -2.44. The van der Waals surface area contributed by atoms with Gasteiger partial charge in [0.05, 0.1) is 17.4 Å². The highest BCUT2D eigenvalue weighted by Gasteiger charge is 2.73. The van der Waals surface area contributed by atoms with E-state index in [1.54, 1.807) is 0 Å². The van der Waals surface area contributed by atoms with Crippen LogP contribution in [0.25, 0.3) is 0 Å². The summed E-state index contributed by atoms with van der Waals surface area (Å²) in [6.45, 7) is 9.10. The molecule has 4 unspecified atom stereocenters. The second-order valence-corrected chi connectivity index (χ2v) is 7.92. The molecule has 0 spiro atoms. The number of nitrogens with zero attached hydrogens (tertiary/aromatic N) is 2. The minimum Gasteiger partial charge on any atom is -0.392 e. The molecule has 0 aliphatic heterocycles. The largest absolute Gasteiger partial charge is 0.392 e. The van der Waals surface area contributed by atoms with Crippen LogP contribution in [-0.4, -0.2) is 38.3 Å². The number of aliphatic hydroxyl groups is 1. The van der Waals surface area contributed by atoms with E-state index in [0.29, 0.717) is 23.2 Å². The molecule has 0 radical (unpaired) electrons. The van der Waals surface area contributed by atoms with Crippen LogP contribution in [0, 0.1) is 18.3 Å². The van der Waals surface area contributed by atoms with Gasteiger partial charge in [-0.1, -0.05) is 26.1 Å². The van der Waals surface area contributed by atoms with Crippen LogP contribution in [-0.2, 0) is 0 Å². The monoisotopic (exact) mass is 349 g/mol. The Kier molecular flexibility index (Phi) is 4.20. The maximum absolute atomic E-state index is 10.3. The third-order valence-corrected chi connectivity index (χ3v) is 6.27. The Balaban J connectivity index is 1.96. The highest BCUT2D eigenvalue weighted by Crippen LogP contribution is 2.68. The standard InChI is InChI=1S/C17H27N5OS/c1-5-8-19-15-20-9(2)11(13(18)24)14(21-15)22-16(3)7-6-10-12(23)17(10,16)4/h10,12,23H,5-8H2,1-4H3,(H2,18,24)(H2,19,20,21,22). The molecule has 2 saturated carbocycles. The molecule has 2 fully saturated rings. The molecule has 1 aromatic heterocycles. The number of aliphatic hydroxyl groups excluding tert-OH is 1. The zero-order chi connectivity index (χ0) is 17.7. The maximum Gasteiger partial charge on any atom is 0.224 e. The highest BCUT2D eigenvalue weighted by atomic mass is 32.1. The van der Waals surface area contributed by atoms with Crippen LogP contribution in [0.2, 0.25) is 0 Å². The fourth-order valence-electron chi connectivity index (χ4n) is 4.22. The van der Waals surface area contributed by atoms with Crippen molar-refractivity contribution >= 4 is 29.0 Å². The van der Waals surface area contributed by atoms with Gasteiger partial charge >= 0.3 is 0 Å². The van der Waals surface area contributed by atoms with Gasteiger partial charge in [-0.2, -0.15) is 4.98 Å². The quantitative estimate of drug-likeness (QED) is 0.585. The molecule has 132 valence electrons. The van der Waals surface area contributed by atoms with Crippen LogP contribution in [0.3, 0.4) is 0 Å². The fraction of sp³-hybridized carbons (Fsp3) is 0.706. The number of aromatic nitrogens is 2. The van der Waals surface area contributed by atoms with Crippen LogP contribution in [0.4, 0.5) is 11.8 Å². The Hall–Kier alpha value is -1.47. The Bertz CT molecular complexity index is 681. The number of anilines is 2. The molecule has 0 saturated heterocycles. The number of aryl methyl sites for hydroxylation is 1. The van der Waals surface area contributed by atoms with E-state index >= 15 is 0 Å². The summed E-state index contributed by atoms with van der Waals surface area (Å²) in [6.07, 6.45) is 2.75. The third-order valence-electron chi connectivity index (χ3n) is 6.06. The molecule has 24 heavy (non-hydrogen) atoms. The summed E-state index contributed by atoms with van der Waals surface area (Å²) >= 11 is 5.22. The smallest absolute Gasteiger partial charge is 0.224 e. The molecule has 6 nitrogen and oxygen atoms in total. The molecular weight excluding hydrogens is 322 g/mol. The molecule has 5 N–H and O–H groups in total. The van der Waals surface area contributed by atoms with Crippen molar-refractivity contribution in [2.24, 2.45) is 17.1 Å². The van der Waals surface area contributed by atoms with Crippen molar-refractivity contribution in [3.63, 3.8) is 0 Å². The lowest BCUT2D eigenvalue weighted by Gasteiger charge is -2.36. The van der Waals surface area contributed by atoms with Gasteiger partial charge in [0, 0.05) is 17.5 Å².